The van der Waals surface area contributed by atoms with Gasteiger partial charge in [0.25, 0.3) is 0 Å². The predicted molar refractivity (Wildman–Crippen MR) is 145 cm³/mol. The number of nitrogens with zero attached hydrogens (tertiary/aromatic N) is 1. The number of ether oxygens (including phenoxy) is 2. The first-order valence-corrected chi connectivity index (χ1v) is 12.5. The van der Waals surface area contributed by atoms with Crippen LogP contribution in [0.25, 0.3) is 11.0 Å². The maximum Gasteiger partial charge on any atom is 0.307 e. The van der Waals surface area contributed by atoms with Crippen molar-refractivity contribution in [3.8, 4) is 11.5 Å². The molecule has 1 aromatic heterocycles. The normalized spacial score (nSPS) is 11.2. The van der Waals surface area contributed by atoms with Crippen molar-refractivity contribution >= 4 is 73.2 Å². The molecule has 0 aliphatic rings. The molecular weight excluding hydrogens is 635 g/mol. The smallest absolute Gasteiger partial charge is 0.307 e. The topological polar surface area (TPSA) is 73.1 Å². The van der Waals surface area contributed by atoms with Gasteiger partial charge in [-0.15, -0.1) is 0 Å². The fourth-order valence-electron chi connectivity index (χ4n) is 3.15. The van der Waals surface area contributed by atoms with Crippen LogP contribution in [0, 0.1) is 3.57 Å². The van der Waals surface area contributed by atoms with E-state index in [-0.39, 0.29) is 5.76 Å². The number of nitrogens with one attached hydrogen (secondary N) is 1. The molecule has 6 nitrogen and oxygen atoms in total. The van der Waals surface area contributed by atoms with E-state index in [4.69, 9.17) is 25.5 Å². The van der Waals surface area contributed by atoms with Crippen molar-refractivity contribution in [2.24, 2.45) is 5.10 Å². The molecule has 0 saturated carbocycles. The molecule has 1 heterocycles. The van der Waals surface area contributed by atoms with Crippen molar-refractivity contribution in [1.82, 2.24) is 5.43 Å². The molecule has 0 unspecified atom stereocenters. The maximum atomic E-state index is 12.4. The maximum absolute atomic E-state index is 12.4. The van der Waals surface area contributed by atoms with Crippen LogP contribution >= 0.6 is 50.1 Å². The van der Waals surface area contributed by atoms with E-state index in [2.05, 4.69) is 49.0 Å². The summed E-state index contributed by atoms with van der Waals surface area (Å²) < 4.78 is 19.2. The first-order valence-electron chi connectivity index (χ1n) is 10.3. The van der Waals surface area contributed by atoms with Crippen molar-refractivity contribution < 1.29 is 18.7 Å². The van der Waals surface area contributed by atoms with E-state index in [1.54, 1.807) is 18.3 Å². The third kappa shape index (κ3) is 6.11. The molecule has 4 rings (SSSR count). The first kappa shape index (κ1) is 24.6. The van der Waals surface area contributed by atoms with Gasteiger partial charge in [-0.3, -0.25) is 4.79 Å². The Hall–Kier alpha value is -2.56. The van der Waals surface area contributed by atoms with Crippen LogP contribution in [0.1, 0.15) is 28.6 Å². The lowest BCUT2D eigenvalue weighted by molar-refractivity contribution is 0.0929. The second kappa shape index (κ2) is 11.2. The summed E-state index contributed by atoms with van der Waals surface area (Å²) in [6.45, 7) is 2.76. The van der Waals surface area contributed by atoms with Gasteiger partial charge in [-0.1, -0.05) is 39.7 Å². The second-order valence-corrected chi connectivity index (χ2v) is 9.68. The summed E-state index contributed by atoms with van der Waals surface area (Å²) in [6, 6.07) is 18.4. The number of furan rings is 1. The van der Waals surface area contributed by atoms with Gasteiger partial charge in [-0.05, 0) is 89.2 Å². The predicted octanol–water partition coefficient (Wildman–Crippen LogP) is 7.19. The molecule has 0 saturated heterocycles. The van der Waals surface area contributed by atoms with Crippen LogP contribution in [0.3, 0.4) is 0 Å². The first-order chi connectivity index (χ1) is 16.4. The molecule has 9 heteroatoms. The number of halogens is 3. The SMILES string of the molecule is CCOc1cc(/C=N/NC(=O)c2cc3cc(Br)ccc3o2)cc(I)c1OCc1ccc(Cl)cc1. The minimum atomic E-state index is -0.439. The van der Waals surface area contributed by atoms with Crippen molar-refractivity contribution in [1.29, 1.82) is 0 Å². The number of hydrogen-bond donors (Lipinski definition) is 1. The number of fused-ring (bicyclic) bond motifs is 1. The standard InChI is InChI=1S/C25H19BrClIN2O4/c1-2-32-22-10-16(9-20(28)24(22)33-14-15-3-6-19(27)7-4-15)13-29-30-25(31)23-12-17-11-18(26)5-8-21(17)34-23/h3-13H,2,14H2,1H3,(H,30,31)/b29-13+. The molecule has 1 amide bonds. The van der Waals surface area contributed by atoms with Gasteiger partial charge in [0.05, 0.1) is 16.4 Å². The lowest BCUT2D eigenvalue weighted by Gasteiger charge is -2.14. The van der Waals surface area contributed by atoms with Crippen LogP contribution in [0.15, 0.2) is 74.7 Å². The average molecular weight is 654 g/mol. The molecule has 1 N–H and O–H groups in total. The van der Waals surface area contributed by atoms with Gasteiger partial charge in [0.1, 0.15) is 12.2 Å². The van der Waals surface area contributed by atoms with E-state index in [0.29, 0.717) is 35.3 Å². The zero-order chi connectivity index (χ0) is 24.1. The third-order valence-electron chi connectivity index (χ3n) is 4.71. The van der Waals surface area contributed by atoms with Gasteiger partial charge in [0.15, 0.2) is 17.3 Å². The summed E-state index contributed by atoms with van der Waals surface area (Å²) in [4.78, 5) is 12.4. The highest BCUT2D eigenvalue weighted by Gasteiger charge is 2.14. The average Bonchev–Trinajstić information content (AvgIpc) is 3.23. The monoisotopic (exact) mass is 652 g/mol. The van der Waals surface area contributed by atoms with Gasteiger partial charge in [-0.2, -0.15) is 5.10 Å². The van der Waals surface area contributed by atoms with Crippen LogP contribution < -0.4 is 14.9 Å². The molecule has 0 aliphatic heterocycles. The largest absolute Gasteiger partial charge is 0.490 e. The number of rotatable bonds is 8. The van der Waals surface area contributed by atoms with Gasteiger partial charge >= 0.3 is 5.91 Å². The molecular formula is C25H19BrClIN2O4. The highest BCUT2D eigenvalue weighted by molar-refractivity contribution is 14.1. The van der Waals surface area contributed by atoms with Crippen molar-refractivity contribution in [3.63, 3.8) is 0 Å². The van der Waals surface area contributed by atoms with Crippen LogP contribution in [0.4, 0.5) is 0 Å². The summed E-state index contributed by atoms with van der Waals surface area (Å²) >= 11 is 11.5. The summed E-state index contributed by atoms with van der Waals surface area (Å²) in [5.74, 6) is 0.984. The Morgan fingerprint density at radius 1 is 1.15 bits per heavy atom. The summed E-state index contributed by atoms with van der Waals surface area (Å²) in [7, 11) is 0. The number of benzene rings is 3. The molecule has 4 aromatic rings. The zero-order valence-electron chi connectivity index (χ0n) is 18.0. The fraction of sp³-hybridized carbons (Fsp3) is 0.120. The second-order valence-electron chi connectivity index (χ2n) is 7.17. The Morgan fingerprint density at radius 3 is 2.71 bits per heavy atom. The zero-order valence-corrected chi connectivity index (χ0v) is 22.5. The molecule has 0 bridgehead atoms. The van der Waals surface area contributed by atoms with Gasteiger partial charge < -0.3 is 13.9 Å². The molecule has 0 radical (unpaired) electrons. The highest BCUT2D eigenvalue weighted by Crippen LogP contribution is 2.34. The quantitative estimate of drug-likeness (QED) is 0.124. The Bertz CT molecular complexity index is 1360. The molecule has 0 fully saturated rings. The molecule has 34 heavy (non-hydrogen) atoms. The third-order valence-corrected chi connectivity index (χ3v) is 6.26. The van der Waals surface area contributed by atoms with Gasteiger partial charge in [-0.25, -0.2) is 5.43 Å². The molecule has 0 aliphatic carbocycles. The van der Waals surface area contributed by atoms with Crippen molar-refractivity contribution in [2.75, 3.05) is 6.61 Å². The van der Waals surface area contributed by atoms with E-state index in [1.165, 1.54) is 0 Å². The van der Waals surface area contributed by atoms with Crippen molar-refractivity contribution in [3.05, 3.63) is 90.6 Å². The van der Waals surface area contributed by atoms with Crippen molar-refractivity contribution in [2.45, 2.75) is 13.5 Å². The Balaban J connectivity index is 1.46. The lowest BCUT2D eigenvalue weighted by atomic mass is 10.2. The van der Waals surface area contributed by atoms with E-state index in [1.807, 2.05) is 55.5 Å². The van der Waals surface area contributed by atoms with Crippen LogP contribution in [0.5, 0.6) is 11.5 Å². The number of amides is 1. The minimum absolute atomic E-state index is 0.181. The lowest BCUT2D eigenvalue weighted by Crippen LogP contribution is -2.16. The van der Waals surface area contributed by atoms with Crippen LogP contribution in [-0.2, 0) is 6.61 Å². The molecule has 0 spiro atoms. The fourth-order valence-corrected chi connectivity index (χ4v) is 4.43. The number of carbonyl (C=O) groups excluding carboxylic acids is 1. The van der Waals surface area contributed by atoms with Crippen LogP contribution in [-0.4, -0.2) is 18.7 Å². The van der Waals surface area contributed by atoms with E-state index >= 15 is 0 Å². The Labute approximate surface area is 223 Å². The summed E-state index contributed by atoms with van der Waals surface area (Å²) in [6.07, 6.45) is 1.55. The van der Waals surface area contributed by atoms with E-state index in [0.717, 1.165) is 24.6 Å². The summed E-state index contributed by atoms with van der Waals surface area (Å²) in [5.41, 5.74) is 4.87. The van der Waals surface area contributed by atoms with Gasteiger partial charge in [0, 0.05) is 14.9 Å². The number of carbonyl (C=O) groups is 1. The van der Waals surface area contributed by atoms with Gasteiger partial charge in [0.2, 0.25) is 0 Å². The molecule has 174 valence electrons. The number of hydrogen-bond acceptors (Lipinski definition) is 5. The molecule has 0 atom stereocenters. The van der Waals surface area contributed by atoms with E-state index < -0.39 is 5.91 Å². The molecule has 3 aromatic carbocycles. The highest BCUT2D eigenvalue weighted by atomic mass is 127. The Morgan fingerprint density at radius 2 is 1.94 bits per heavy atom. The number of hydrazone groups is 1. The minimum Gasteiger partial charge on any atom is -0.490 e. The van der Waals surface area contributed by atoms with Crippen LogP contribution in [0.2, 0.25) is 5.02 Å². The van der Waals surface area contributed by atoms with E-state index in [9.17, 15) is 4.79 Å². The Kier molecular flexibility index (Phi) is 8.12. The summed E-state index contributed by atoms with van der Waals surface area (Å²) in [5, 5.41) is 5.58.